The first kappa shape index (κ1) is 22.0. The van der Waals surface area contributed by atoms with Gasteiger partial charge in [-0.1, -0.05) is 38.0 Å². The highest BCUT2D eigenvalue weighted by atomic mass is 79.9. The Balaban J connectivity index is 1.74. The topological polar surface area (TPSA) is 62.1 Å². The number of rotatable bonds is 4. The van der Waals surface area contributed by atoms with Crippen LogP contribution in [-0.4, -0.2) is 34.2 Å². The zero-order chi connectivity index (χ0) is 22.0. The van der Waals surface area contributed by atoms with E-state index in [0.29, 0.717) is 21.0 Å². The lowest BCUT2D eigenvalue weighted by atomic mass is 9.85. The van der Waals surface area contributed by atoms with Gasteiger partial charge in [-0.25, -0.2) is 4.99 Å². The van der Waals surface area contributed by atoms with Gasteiger partial charge in [0.15, 0.2) is 16.7 Å². The van der Waals surface area contributed by atoms with Gasteiger partial charge in [0.2, 0.25) is 0 Å². The van der Waals surface area contributed by atoms with Gasteiger partial charge in [0, 0.05) is 6.04 Å². The second kappa shape index (κ2) is 9.49. The van der Waals surface area contributed by atoms with E-state index in [1.54, 1.807) is 12.1 Å². The van der Waals surface area contributed by atoms with Crippen LogP contribution < -0.4 is 4.74 Å². The molecule has 162 valence electrons. The lowest BCUT2D eigenvalue weighted by molar-refractivity contribution is -0.124. The van der Waals surface area contributed by atoms with E-state index in [4.69, 9.17) is 9.73 Å². The molecular weight excluding hydrogens is 476 g/mol. The Hall–Kier alpha value is -2.25. The van der Waals surface area contributed by atoms with Gasteiger partial charge in [0.1, 0.15) is 0 Å². The molecule has 0 unspecified atom stereocenters. The summed E-state index contributed by atoms with van der Waals surface area (Å²) in [4.78, 5) is 20.9. The summed E-state index contributed by atoms with van der Waals surface area (Å²) in [7, 11) is 1.50. The number of phenols is 1. The Morgan fingerprint density at radius 2 is 1.97 bits per heavy atom. The van der Waals surface area contributed by atoms with Crippen LogP contribution in [-0.2, 0) is 4.79 Å². The number of ether oxygens (including phenoxy) is 1. The van der Waals surface area contributed by atoms with E-state index in [2.05, 4.69) is 22.9 Å². The molecular formula is C24H25BrN2O3S. The van der Waals surface area contributed by atoms with Crippen molar-refractivity contribution < 1.29 is 14.6 Å². The minimum atomic E-state index is -0.0124. The number of hydrogen-bond acceptors (Lipinski definition) is 5. The van der Waals surface area contributed by atoms with Crippen molar-refractivity contribution in [2.45, 2.75) is 38.6 Å². The molecule has 1 aliphatic heterocycles. The highest BCUT2D eigenvalue weighted by Crippen LogP contribution is 2.41. The quantitative estimate of drug-likeness (QED) is 0.497. The normalized spacial score (nSPS) is 24.2. The average Bonchev–Trinajstić information content (AvgIpc) is 3.06. The molecule has 0 radical (unpaired) electrons. The predicted molar refractivity (Wildman–Crippen MR) is 130 cm³/mol. The van der Waals surface area contributed by atoms with Crippen molar-refractivity contribution in [1.82, 2.24) is 4.90 Å². The monoisotopic (exact) mass is 500 g/mol. The van der Waals surface area contributed by atoms with Crippen molar-refractivity contribution >= 4 is 50.5 Å². The van der Waals surface area contributed by atoms with E-state index in [9.17, 15) is 9.90 Å². The summed E-state index contributed by atoms with van der Waals surface area (Å²) in [5.41, 5.74) is 1.61. The Labute approximate surface area is 195 Å². The molecule has 5 nitrogen and oxygen atoms in total. The van der Waals surface area contributed by atoms with Gasteiger partial charge >= 0.3 is 0 Å². The van der Waals surface area contributed by atoms with Crippen LogP contribution in [0.5, 0.6) is 11.5 Å². The number of methoxy groups -OCH3 is 1. The fraction of sp³-hybridized carbons (Fsp3) is 0.333. The molecule has 1 N–H and O–H groups in total. The van der Waals surface area contributed by atoms with E-state index < -0.39 is 0 Å². The molecule has 0 spiro atoms. The van der Waals surface area contributed by atoms with Crippen LogP contribution in [0.4, 0.5) is 5.69 Å². The fourth-order valence-electron chi connectivity index (χ4n) is 4.13. The molecule has 2 fully saturated rings. The highest BCUT2D eigenvalue weighted by molar-refractivity contribution is 9.10. The molecule has 7 heteroatoms. The predicted octanol–water partition coefficient (Wildman–Crippen LogP) is 6.35. The molecule has 1 amide bonds. The van der Waals surface area contributed by atoms with E-state index in [1.807, 2.05) is 41.3 Å². The lowest BCUT2D eigenvalue weighted by Gasteiger charge is -2.35. The third-order valence-electron chi connectivity index (χ3n) is 5.78. The summed E-state index contributed by atoms with van der Waals surface area (Å²) in [6.07, 6.45) is 6.30. The van der Waals surface area contributed by atoms with Crippen molar-refractivity contribution in [2.24, 2.45) is 10.9 Å². The van der Waals surface area contributed by atoms with Crippen molar-refractivity contribution in [3.8, 4) is 11.5 Å². The number of carbonyl (C=O) groups is 1. The number of carbonyl (C=O) groups excluding carboxylic acids is 1. The largest absolute Gasteiger partial charge is 0.503 e. The molecule has 1 saturated carbocycles. The number of benzene rings is 2. The van der Waals surface area contributed by atoms with Crippen molar-refractivity contribution in [3.63, 3.8) is 0 Å². The first-order chi connectivity index (χ1) is 15.0. The zero-order valence-electron chi connectivity index (χ0n) is 17.5. The third-order valence-corrected chi connectivity index (χ3v) is 7.37. The molecule has 1 heterocycles. The van der Waals surface area contributed by atoms with Gasteiger partial charge in [-0.15, -0.1) is 0 Å². The number of phenolic OH excluding ortho intramolecular Hbond substituents is 1. The number of amides is 1. The van der Waals surface area contributed by atoms with Crippen molar-refractivity contribution in [1.29, 1.82) is 0 Å². The smallest absolute Gasteiger partial charge is 0.267 e. The SMILES string of the molecule is COc1cc(/C=C2\SC(=Nc3ccccc3)N([C@H]3CCCC[C@H]3C)C2=O)cc(Br)c1O. The van der Waals surface area contributed by atoms with Crippen molar-refractivity contribution in [2.75, 3.05) is 7.11 Å². The Bertz CT molecular complexity index is 1040. The standard InChI is InChI=1S/C24H25BrN2O3S/c1-15-8-6-7-11-19(15)27-23(29)21(31-24(27)26-17-9-4-3-5-10-17)14-16-12-18(25)22(28)20(13-16)30-2/h3-5,9-10,12-15,19,28H,6-8,11H2,1-2H3/b21-14-,26-24?/t15-,19+/m1/s1. The Morgan fingerprint density at radius 3 is 2.68 bits per heavy atom. The summed E-state index contributed by atoms with van der Waals surface area (Å²) in [6, 6.07) is 13.4. The molecule has 1 saturated heterocycles. The molecule has 4 rings (SSSR count). The fourth-order valence-corrected chi connectivity index (χ4v) is 5.64. The summed E-state index contributed by atoms with van der Waals surface area (Å²) in [5.74, 6) is 0.815. The summed E-state index contributed by atoms with van der Waals surface area (Å²) >= 11 is 4.76. The average molecular weight is 501 g/mol. The number of amidine groups is 1. The molecule has 2 aromatic carbocycles. The summed E-state index contributed by atoms with van der Waals surface area (Å²) in [5, 5.41) is 10.8. The molecule has 1 aliphatic carbocycles. The van der Waals surface area contributed by atoms with Crippen LogP contribution in [0.2, 0.25) is 0 Å². The number of aliphatic imine (C=N–C) groups is 1. The number of aromatic hydroxyl groups is 1. The van der Waals surface area contributed by atoms with Gasteiger partial charge in [-0.3, -0.25) is 9.69 Å². The molecule has 2 atom stereocenters. The maximum Gasteiger partial charge on any atom is 0.267 e. The second-order valence-corrected chi connectivity index (χ2v) is 9.76. The molecule has 2 aliphatic rings. The van der Waals surface area contributed by atoms with Crippen LogP contribution in [0.15, 0.2) is 56.8 Å². The number of thioether (sulfide) groups is 1. The summed E-state index contributed by atoms with van der Waals surface area (Å²) in [6.45, 7) is 2.23. The molecule has 0 aromatic heterocycles. The second-order valence-electron chi connectivity index (χ2n) is 7.90. The van der Waals surface area contributed by atoms with Crippen molar-refractivity contribution in [3.05, 3.63) is 57.4 Å². The van der Waals surface area contributed by atoms with Gasteiger partial charge in [-0.2, -0.15) is 0 Å². The minimum absolute atomic E-state index is 0.0124. The number of hydrogen-bond donors (Lipinski definition) is 1. The van der Waals surface area contributed by atoms with E-state index in [0.717, 1.165) is 35.7 Å². The van der Waals surface area contributed by atoms with Gasteiger partial charge in [0.05, 0.1) is 22.2 Å². The minimum Gasteiger partial charge on any atom is -0.503 e. The number of halogens is 1. The van der Waals surface area contributed by atoms with Crippen LogP contribution >= 0.6 is 27.7 Å². The van der Waals surface area contributed by atoms with E-state index in [-0.39, 0.29) is 17.7 Å². The lowest BCUT2D eigenvalue weighted by Crippen LogP contribution is -2.44. The maximum atomic E-state index is 13.5. The number of para-hydroxylation sites is 1. The van der Waals surface area contributed by atoms with Gasteiger partial charge < -0.3 is 9.84 Å². The van der Waals surface area contributed by atoms with Crippen LogP contribution in [0, 0.1) is 5.92 Å². The number of nitrogens with zero attached hydrogens (tertiary/aromatic N) is 2. The van der Waals surface area contributed by atoms with E-state index >= 15 is 0 Å². The molecule has 0 bridgehead atoms. The van der Waals surface area contributed by atoms with Crippen LogP contribution in [0.3, 0.4) is 0 Å². The first-order valence-electron chi connectivity index (χ1n) is 10.4. The molecule has 31 heavy (non-hydrogen) atoms. The third kappa shape index (κ3) is 4.67. The zero-order valence-corrected chi connectivity index (χ0v) is 19.9. The first-order valence-corrected chi connectivity index (χ1v) is 12.0. The maximum absolute atomic E-state index is 13.5. The van der Waals surface area contributed by atoms with E-state index in [1.165, 1.54) is 25.3 Å². The Morgan fingerprint density at radius 1 is 1.23 bits per heavy atom. The van der Waals surface area contributed by atoms with Gasteiger partial charge in [0.25, 0.3) is 5.91 Å². The van der Waals surface area contributed by atoms with Crippen LogP contribution in [0.25, 0.3) is 6.08 Å². The Kier molecular flexibility index (Phi) is 6.72. The van der Waals surface area contributed by atoms with Crippen LogP contribution in [0.1, 0.15) is 38.2 Å². The molecule has 2 aromatic rings. The summed E-state index contributed by atoms with van der Waals surface area (Å²) < 4.78 is 5.77. The van der Waals surface area contributed by atoms with Gasteiger partial charge in [-0.05, 0) is 82.4 Å². The highest BCUT2D eigenvalue weighted by Gasteiger charge is 2.41.